The molecule has 0 spiro atoms. The van der Waals surface area contributed by atoms with E-state index in [1.807, 2.05) is 36.5 Å². The maximum absolute atomic E-state index is 13.2. The van der Waals surface area contributed by atoms with E-state index in [0.29, 0.717) is 12.1 Å². The first-order valence-corrected chi connectivity index (χ1v) is 11.3. The summed E-state index contributed by atoms with van der Waals surface area (Å²) in [6.07, 6.45) is 6.91. The predicted octanol–water partition coefficient (Wildman–Crippen LogP) is 5.99. The Morgan fingerprint density at radius 3 is 2.71 bits per heavy atom. The molecule has 0 aliphatic carbocycles. The number of hydrogen-bond donors (Lipinski definition) is 1. The van der Waals surface area contributed by atoms with Gasteiger partial charge in [0.05, 0.1) is 12.2 Å². The molecule has 0 saturated carbocycles. The highest BCUT2D eigenvalue weighted by Gasteiger charge is 2.26. The first kappa shape index (κ1) is 21.9. The molecule has 2 aromatic carbocycles. The van der Waals surface area contributed by atoms with Crippen LogP contribution < -0.4 is 0 Å². The van der Waals surface area contributed by atoms with Gasteiger partial charge in [0.2, 0.25) is 5.88 Å². The van der Waals surface area contributed by atoms with Gasteiger partial charge in [0.1, 0.15) is 5.82 Å². The van der Waals surface area contributed by atoms with Crippen LogP contribution in [-0.4, -0.2) is 32.0 Å². The number of benzene rings is 2. The molecule has 4 aromatic rings. The molecule has 1 aliphatic rings. The summed E-state index contributed by atoms with van der Waals surface area (Å²) < 4.78 is 15.0. The molecule has 1 saturated heterocycles. The first-order chi connectivity index (χ1) is 16.6. The number of azo groups is 1. The van der Waals surface area contributed by atoms with Crippen LogP contribution in [0.25, 0.3) is 10.9 Å². The molecule has 1 aliphatic heterocycles. The predicted molar refractivity (Wildman–Crippen MR) is 126 cm³/mol. The number of carbonyl (C=O) groups is 1. The van der Waals surface area contributed by atoms with Gasteiger partial charge in [-0.2, -0.15) is 0 Å². The summed E-state index contributed by atoms with van der Waals surface area (Å²) in [5.74, 6) is -1.09. The van der Waals surface area contributed by atoms with Gasteiger partial charge in [0.15, 0.2) is 5.69 Å². The molecule has 1 N–H and O–H groups in total. The second-order valence-corrected chi connectivity index (χ2v) is 8.38. The number of likely N-dealkylation sites (tertiary alicyclic amines) is 1. The fourth-order valence-electron chi connectivity index (χ4n) is 4.55. The third kappa shape index (κ3) is 4.32. The Hall–Kier alpha value is -3.91. The smallest absolute Gasteiger partial charge is 0.295 e. The first-order valence-electron chi connectivity index (χ1n) is 11.3. The number of fused-ring (bicyclic) bond motifs is 1. The van der Waals surface area contributed by atoms with Gasteiger partial charge < -0.3 is 5.11 Å². The van der Waals surface area contributed by atoms with Gasteiger partial charge in [-0.15, -0.1) is 10.2 Å². The molecule has 1 amide bonds. The van der Waals surface area contributed by atoms with Crippen molar-refractivity contribution in [3.8, 4) is 5.88 Å². The standard InChI is InChI=1S/C26H24FN5O2/c27-20-12-10-18(11-13-20)25(33)30-29-24-21-7-1-2-9-23(21)32(26(24)34)17-31-15-4-3-8-22(31)19-6-5-14-28-16-19/h1-2,5-7,9-14,16,22,34H,3-4,8,15,17H2/t22-/m1/s1. The number of para-hydroxylation sites is 1. The Bertz CT molecular complexity index is 1330. The summed E-state index contributed by atoms with van der Waals surface area (Å²) in [4.78, 5) is 19.0. The average Bonchev–Trinajstić information content (AvgIpc) is 3.14. The van der Waals surface area contributed by atoms with Crippen LogP contribution in [0.3, 0.4) is 0 Å². The van der Waals surface area contributed by atoms with E-state index in [9.17, 15) is 14.3 Å². The molecule has 1 fully saturated rings. The van der Waals surface area contributed by atoms with E-state index in [1.54, 1.807) is 10.8 Å². The molecule has 34 heavy (non-hydrogen) atoms. The van der Waals surface area contributed by atoms with Gasteiger partial charge in [-0.25, -0.2) is 4.39 Å². The number of aromatic nitrogens is 2. The number of carbonyl (C=O) groups excluding carboxylic acids is 1. The summed E-state index contributed by atoms with van der Waals surface area (Å²) in [7, 11) is 0. The maximum atomic E-state index is 13.2. The van der Waals surface area contributed by atoms with Crippen molar-refractivity contribution < 1.29 is 14.3 Å². The van der Waals surface area contributed by atoms with Crippen LogP contribution in [0, 0.1) is 5.82 Å². The highest BCUT2D eigenvalue weighted by Crippen LogP contribution is 2.40. The number of amides is 1. The molecule has 1 atom stereocenters. The van der Waals surface area contributed by atoms with Gasteiger partial charge in [-0.05, 0) is 54.8 Å². The van der Waals surface area contributed by atoms with Crippen molar-refractivity contribution in [2.24, 2.45) is 10.2 Å². The number of nitrogens with zero attached hydrogens (tertiary/aromatic N) is 5. The van der Waals surface area contributed by atoms with E-state index in [0.717, 1.165) is 36.9 Å². The molecule has 3 heterocycles. The fraction of sp³-hybridized carbons (Fsp3) is 0.231. The molecular formula is C26H24FN5O2. The van der Waals surface area contributed by atoms with Crippen LogP contribution >= 0.6 is 0 Å². The summed E-state index contributed by atoms with van der Waals surface area (Å²) in [6.45, 7) is 1.36. The zero-order valence-electron chi connectivity index (χ0n) is 18.5. The molecule has 7 nitrogen and oxygen atoms in total. The second kappa shape index (κ2) is 9.52. The highest BCUT2D eigenvalue weighted by molar-refractivity contribution is 5.97. The van der Waals surface area contributed by atoms with E-state index in [4.69, 9.17) is 0 Å². The van der Waals surface area contributed by atoms with Crippen molar-refractivity contribution >= 4 is 22.5 Å². The molecule has 8 heteroatoms. The number of halogens is 1. The van der Waals surface area contributed by atoms with Crippen LogP contribution in [0.2, 0.25) is 0 Å². The minimum Gasteiger partial charge on any atom is -0.493 e. The van der Waals surface area contributed by atoms with Crippen LogP contribution in [0.1, 0.15) is 41.2 Å². The Balaban J connectivity index is 1.47. The summed E-state index contributed by atoms with van der Waals surface area (Å²) in [5.41, 5.74) is 2.42. The molecule has 0 bridgehead atoms. The summed E-state index contributed by atoms with van der Waals surface area (Å²) >= 11 is 0. The lowest BCUT2D eigenvalue weighted by atomic mass is 9.97. The summed E-state index contributed by atoms with van der Waals surface area (Å²) in [5, 5.41) is 19.7. The monoisotopic (exact) mass is 457 g/mol. The zero-order valence-corrected chi connectivity index (χ0v) is 18.5. The third-order valence-electron chi connectivity index (χ3n) is 6.26. The van der Waals surface area contributed by atoms with E-state index in [1.165, 1.54) is 24.3 Å². The fourth-order valence-corrected chi connectivity index (χ4v) is 4.55. The van der Waals surface area contributed by atoms with E-state index < -0.39 is 11.7 Å². The van der Waals surface area contributed by atoms with Crippen LogP contribution in [0.5, 0.6) is 5.88 Å². The van der Waals surface area contributed by atoms with E-state index in [-0.39, 0.29) is 23.2 Å². The van der Waals surface area contributed by atoms with Crippen LogP contribution in [0.4, 0.5) is 10.1 Å². The van der Waals surface area contributed by atoms with Gasteiger partial charge in [-0.1, -0.05) is 30.7 Å². The quantitative estimate of drug-likeness (QED) is 0.373. The lowest BCUT2D eigenvalue weighted by Crippen LogP contribution is -2.34. The van der Waals surface area contributed by atoms with Crippen molar-refractivity contribution in [1.29, 1.82) is 0 Å². The molecular weight excluding hydrogens is 433 g/mol. The van der Waals surface area contributed by atoms with Gasteiger partial charge in [0.25, 0.3) is 5.91 Å². The number of rotatable bonds is 5. The zero-order chi connectivity index (χ0) is 23.5. The highest BCUT2D eigenvalue weighted by atomic mass is 19.1. The minimum absolute atomic E-state index is 0.0487. The number of aromatic hydroxyl groups is 1. The van der Waals surface area contributed by atoms with Gasteiger partial charge in [-0.3, -0.25) is 19.2 Å². The molecule has 0 radical (unpaired) electrons. The van der Waals surface area contributed by atoms with Crippen LogP contribution in [-0.2, 0) is 6.67 Å². The normalized spacial score (nSPS) is 16.9. The topological polar surface area (TPSA) is 83.1 Å². The Morgan fingerprint density at radius 2 is 1.91 bits per heavy atom. The number of piperidine rings is 1. The van der Waals surface area contributed by atoms with E-state index in [2.05, 4.69) is 26.2 Å². The van der Waals surface area contributed by atoms with Crippen molar-refractivity contribution in [3.05, 3.63) is 90.0 Å². The minimum atomic E-state index is -0.607. The SMILES string of the molecule is O=C(N=Nc1c(O)n(CN2CCCC[C@@H]2c2cccnc2)c2ccccc12)c1ccc(F)cc1. The van der Waals surface area contributed by atoms with Crippen molar-refractivity contribution in [2.75, 3.05) is 6.54 Å². The maximum Gasteiger partial charge on any atom is 0.295 e. The third-order valence-corrected chi connectivity index (χ3v) is 6.26. The van der Waals surface area contributed by atoms with Crippen molar-refractivity contribution in [2.45, 2.75) is 32.0 Å². The molecule has 0 unspecified atom stereocenters. The van der Waals surface area contributed by atoms with Crippen molar-refractivity contribution in [3.63, 3.8) is 0 Å². The molecule has 5 rings (SSSR count). The average molecular weight is 458 g/mol. The Labute approximate surface area is 196 Å². The van der Waals surface area contributed by atoms with Crippen molar-refractivity contribution in [1.82, 2.24) is 14.5 Å². The van der Waals surface area contributed by atoms with E-state index >= 15 is 0 Å². The number of hydrogen-bond acceptors (Lipinski definition) is 5. The summed E-state index contributed by atoms with van der Waals surface area (Å²) in [6, 6.07) is 16.9. The van der Waals surface area contributed by atoms with Crippen LogP contribution in [0.15, 0.2) is 83.3 Å². The molecule has 172 valence electrons. The van der Waals surface area contributed by atoms with Gasteiger partial charge >= 0.3 is 0 Å². The number of pyridine rings is 1. The largest absolute Gasteiger partial charge is 0.493 e. The Kier molecular flexibility index (Phi) is 6.14. The van der Waals surface area contributed by atoms with Gasteiger partial charge in [0, 0.05) is 35.9 Å². The Morgan fingerprint density at radius 1 is 1.09 bits per heavy atom. The lowest BCUT2D eigenvalue weighted by molar-refractivity contribution is 0.0995. The molecule has 2 aromatic heterocycles. The lowest BCUT2D eigenvalue weighted by Gasteiger charge is -2.36. The second-order valence-electron chi connectivity index (χ2n) is 8.38.